The van der Waals surface area contributed by atoms with Gasteiger partial charge >= 0.3 is 0 Å². The lowest BCUT2D eigenvalue weighted by atomic mass is 10.1. The first-order valence-corrected chi connectivity index (χ1v) is 3.46. The number of likely N-dealkylation sites (N-methyl/N-ethyl adjacent to an activating group) is 1. The fraction of sp³-hybridized carbons (Fsp3) is 1.00. The molecule has 1 aliphatic heterocycles. The van der Waals surface area contributed by atoms with Gasteiger partial charge in [0.1, 0.15) is 0 Å². The van der Waals surface area contributed by atoms with Crippen molar-refractivity contribution in [1.29, 1.82) is 0 Å². The van der Waals surface area contributed by atoms with E-state index in [1.54, 1.807) is 0 Å². The smallest absolute Gasteiger partial charge is 0.0241 e. The Morgan fingerprint density at radius 3 is 2.89 bits per heavy atom. The third kappa shape index (κ3) is 1.41. The normalized spacial score (nSPS) is 35.3. The van der Waals surface area contributed by atoms with Crippen molar-refractivity contribution in [3.63, 3.8) is 0 Å². The Kier molecular flexibility index (Phi) is 2.45. The van der Waals surface area contributed by atoms with Gasteiger partial charge in [0.25, 0.3) is 0 Å². The van der Waals surface area contributed by atoms with Crippen molar-refractivity contribution in [1.82, 2.24) is 10.6 Å². The van der Waals surface area contributed by atoms with Crippen LogP contribution >= 0.6 is 0 Å². The van der Waals surface area contributed by atoms with Gasteiger partial charge in [0.2, 0.25) is 0 Å². The van der Waals surface area contributed by atoms with Gasteiger partial charge in [-0.15, -0.1) is 0 Å². The van der Waals surface area contributed by atoms with Crippen LogP contribution in [0.5, 0.6) is 0 Å². The maximum absolute atomic E-state index is 5.52. The molecule has 9 heavy (non-hydrogen) atoms. The van der Waals surface area contributed by atoms with Crippen LogP contribution in [0.1, 0.15) is 0 Å². The number of rotatable bonds is 2. The minimum atomic E-state index is 0.593. The second-order valence-electron chi connectivity index (χ2n) is 2.55. The average molecular weight is 129 g/mol. The van der Waals surface area contributed by atoms with Crippen LogP contribution in [0.2, 0.25) is 0 Å². The zero-order valence-electron chi connectivity index (χ0n) is 5.85. The number of nitrogens with two attached hydrogens (primary N) is 1. The molecule has 2 unspecified atom stereocenters. The quantitative estimate of drug-likeness (QED) is 0.437. The van der Waals surface area contributed by atoms with Crippen LogP contribution < -0.4 is 16.4 Å². The molecule has 1 heterocycles. The van der Waals surface area contributed by atoms with Crippen LogP contribution in [0.4, 0.5) is 0 Å². The number of nitrogens with one attached hydrogen (secondary N) is 2. The standard InChI is InChI=1S/C6H15N3/c1-8-6-4-9-3-5(6)2-7/h5-6,8-9H,2-4,7H2,1H3. The first kappa shape index (κ1) is 6.99. The lowest BCUT2D eigenvalue weighted by Crippen LogP contribution is -2.36. The topological polar surface area (TPSA) is 50.1 Å². The monoisotopic (exact) mass is 129 g/mol. The predicted octanol–water partition coefficient (Wildman–Crippen LogP) is -1.25. The minimum absolute atomic E-state index is 0.593. The van der Waals surface area contributed by atoms with Gasteiger partial charge < -0.3 is 16.4 Å². The molecule has 3 nitrogen and oxygen atoms in total. The highest BCUT2D eigenvalue weighted by Crippen LogP contribution is 2.05. The van der Waals surface area contributed by atoms with Crippen LogP contribution in [0.25, 0.3) is 0 Å². The van der Waals surface area contributed by atoms with Crippen LogP contribution in [-0.2, 0) is 0 Å². The number of hydrogen-bond acceptors (Lipinski definition) is 3. The van der Waals surface area contributed by atoms with E-state index < -0.39 is 0 Å². The molecule has 1 aliphatic rings. The Morgan fingerprint density at radius 2 is 2.44 bits per heavy atom. The molecule has 0 aliphatic carbocycles. The number of hydrogen-bond donors (Lipinski definition) is 3. The van der Waals surface area contributed by atoms with E-state index >= 15 is 0 Å². The van der Waals surface area contributed by atoms with Crippen molar-refractivity contribution in [3.05, 3.63) is 0 Å². The molecule has 0 spiro atoms. The van der Waals surface area contributed by atoms with Crippen molar-refractivity contribution in [2.45, 2.75) is 6.04 Å². The molecule has 2 atom stereocenters. The van der Waals surface area contributed by atoms with Crippen molar-refractivity contribution in [2.24, 2.45) is 11.7 Å². The highest BCUT2D eigenvalue weighted by atomic mass is 15.0. The summed E-state index contributed by atoms with van der Waals surface area (Å²) in [6.07, 6.45) is 0. The molecule has 1 saturated heterocycles. The molecule has 0 aromatic heterocycles. The molecule has 0 aromatic carbocycles. The van der Waals surface area contributed by atoms with E-state index in [1.165, 1.54) is 0 Å². The maximum Gasteiger partial charge on any atom is 0.0241 e. The third-order valence-electron chi connectivity index (χ3n) is 2.01. The lowest BCUT2D eigenvalue weighted by molar-refractivity contribution is 0.464. The zero-order chi connectivity index (χ0) is 6.69. The van der Waals surface area contributed by atoms with Gasteiger partial charge in [-0.3, -0.25) is 0 Å². The molecule has 0 bridgehead atoms. The summed E-state index contributed by atoms with van der Waals surface area (Å²) < 4.78 is 0. The first-order chi connectivity index (χ1) is 4.38. The summed E-state index contributed by atoms with van der Waals surface area (Å²) in [4.78, 5) is 0. The Morgan fingerprint density at radius 1 is 1.67 bits per heavy atom. The van der Waals surface area contributed by atoms with Crippen molar-refractivity contribution < 1.29 is 0 Å². The molecular formula is C6H15N3. The highest BCUT2D eigenvalue weighted by Gasteiger charge is 2.23. The summed E-state index contributed by atoms with van der Waals surface area (Å²) in [5.41, 5.74) is 5.52. The molecule has 0 radical (unpaired) electrons. The molecule has 1 rings (SSSR count). The summed E-state index contributed by atoms with van der Waals surface area (Å²) in [5.74, 6) is 0.634. The van der Waals surface area contributed by atoms with E-state index in [9.17, 15) is 0 Å². The fourth-order valence-electron chi connectivity index (χ4n) is 1.32. The van der Waals surface area contributed by atoms with Crippen LogP contribution in [-0.4, -0.2) is 32.7 Å². The van der Waals surface area contributed by atoms with E-state index in [0.717, 1.165) is 19.6 Å². The van der Waals surface area contributed by atoms with Gasteiger partial charge in [-0.2, -0.15) is 0 Å². The second-order valence-corrected chi connectivity index (χ2v) is 2.55. The van der Waals surface area contributed by atoms with E-state index in [-0.39, 0.29) is 0 Å². The lowest BCUT2D eigenvalue weighted by Gasteiger charge is -2.14. The Hall–Kier alpha value is -0.120. The van der Waals surface area contributed by atoms with Crippen LogP contribution in [0.15, 0.2) is 0 Å². The largest absolute Gasteiger partial charge is 0.330 e. The van der Waals surface area contributed by atoms with Crippen molar-refractivity contribution in [2.75, 3.05) is 26.7 Å². The Balaban J connectivity index is 2.32. The molecule has 4 N–H and O–H groups in total. The Labute approximate surface area is 56.0 Å². The van der Waals surface area contributed by atoms with Gasteiger partial charge in [-0.1, -0.05) is 0 Å². The van der Waals surface area contributed by atoms with E-state index in [0.29, 0.717) is 12.0 Å². The van der Waals surface area contributed by atoms with Crippen molar-refractivity contribution >= 4 is 0 Å². The summed E-state index contributed by atoms with van der Waals surface area (Å²) in [6, 6.07) is 0.593. The Bertz CT molecular complexity index is 74.4. The van der Waals surface area contributed by atoms with Crippen LogP contribution in [0.3, 0.4) is 0 Å². The second kappa shape index (κ2) is 3.15. The van der Waals surface area contributed by atoms with Crippen molar-refractivity contribution in [3.8, 4) is 0 Å². The summed E-state index contributed by atoms with van der Waals surface area (Å²) in [5, 5.41) is 6.50. The highest BCUT2D eigenvalue weighted by molar-refractivity contribution is 4.85. The zero-order valence-corrected chi connectivity index (χ0v) is 5.85. The van der Waals surface area contributed by atoms with Gasteiger partial charge in [-0.25, -0.2) is 0 Å². The molecule has 3 heteroatoms. The minimum Gasteiger partial charge on any atom is -0.330 e. The third-order valence-corrected chi connectivity index (χ3v) is 2.01. The summed E-state index contributed by atoms with van der Waals surface area (Å²) >= 11 is 0. The first-order valence-electron chi connectivity index (χ1n) is 3.46. The average Bonchev–Trinajstić information content (AvgIpc) is 2.33. The van der Waals surface area contributed by atoms with Gasteiger partial charge in [0.15, 0.2) is 0 Å². The molecule has 1 fully saturated rings. The van der Waals surface area contributed by atoms with Crippen LogP contribution in [0, 0.1) is 5.92 Å². The van der Waals surface area contributed by atoms with E-state index in [4.69, 9.17) is 5.73 Å². The summed E-state index contributed by atoms with van der Waals surface area (Å²) in [6.45, 7) is 2.93. The molecular weight excluding hydrogens is 114 g/mol. The van der Waals surface area contributed by atoms with Gasteiger partial charge in [0, 0.05) is 25.0 Å². The van der Waals surface area contributed by atoms with E-state index in [2.05, 4.69) is 10.6 Å². The summed E-state index contributed by atoms with van der Waals surface area (Å²) in [7, 11) is 1.99. The molecule has 0 saturated carbocycles. The fourth-order valence-corrected chi connectivity index (χ4v) is 1.32. The predicted molar refractivity (Wildman–Crippen MR) is 38.3 cm³/mol. The maximum atomic E-state index is 5.52. The molecule has 54 valence electrons. The molecule has 0 amide bonds. The van der Waals surface area contributed by atoms with E-state index in [1.807, 2.05) is 7.05 Å². The SMILES string of the molecule is CNC1CNCC1CN. The molecule has 0 aromatic rings. The van der Waals surface area contributed by atoms with Gasteiger partial charge in [0.05, 0.1) is 0 Å². The van der Waals surface area contributed by atoms with Gasteiger partial charge in [-0.05, 0) is 13.6 Å².